The molecule has 0 radical (unpaired) electrons. The summed E-state index contributed by atoms with van der Waals surface area (Å²) in [6.45, 7) is 8.63. The summed E-state index contributed by atoms with van der Waals surface area (Å²) < 4.78 is 15.6. The predicted molar refractivity (Wildman–Crippen MR) is 130 cm³/mol. The fourth-order valence-electron chi connectivity index (χ4n) is 4.31. The van der Waals surface area contributed by atoms with Gasteiger partial charge in [0.2, 0.25) is 5.95 Å². The molecule has 1 atom stereocenters. The van der Waals surface area contributed by atoms with Gasteiger partial charge >= 0.3 is 5.69 Å². The highest BCUT2D eigenvalue weighted by molar-refractivity contribution is 5.74. The van der Waals surface area contributed by atoms with Gasteiger partial charge in [-0.1, -0.05) is 26.0 Å². The molecule has 1 aliphatic rings. The summed E-state index contributed by atoms with van der Waals surface area (Å²) in [6.07, 6.45) is -0.903. The van der Waals surface area contributed by atoms with Crippen LogP contribution in [0.3, 0.4) is 0 Å². The second-order valence-electron chi connectivity index (χ2n) is 9.16. The standard InChI is InChI=1S/C24H33N5O5/c1-15(2)18-7-6-16(3)12-19(18)34-14-17(30)13-29-20-21(26(4)24(32)27(5)22(20)31)25-23(29)28-8-10-33-11-9-28/h6-7,12,15,17,30H,8-11,13-14H2,1-5H3/t17-/m0/s1. The Hall–Kier alpha value is -3.11. The first kappa shape index (κ1) is 24.0. The monoisotopic (exact) mass is 471 g/mol. The third-order valence-electron chi connectivity index (χ3n) is 6.24. The van der Waals surface area contributed by atoms with Gasteiger partial charge in [0.05, 0.1) is 19.8 Å². The number of nitrogens with zero attached hydrogens (tertiary/aromatic N) is 5. The summed E-state index contributed by atoms with van der Waals surface area (Å²) >= 11 is 0. The molecule has 0 amide bonds. The van der Waals surface area contributed by atoms with E-state index >= 15 is 0 Å². The SMILES string of the molecule is Cc1ccc(C(C)C)c(OC[C@@H](O)Cn2c(N3CCOCC3)nc3c2c(=O)n(C)c(=O)n3C)c1. The number of aliphatic hydroxyl groups is 1. The first-order valence-corrected chi connectivity index (χ1v) is 11.6. The summed E-state index contributed by atoms with van der Waals surface area (Å²) in [5.41, 5.74) is 1.84. The molecule has 1 aliphatic heterocycles. The maximum atomic E-state index is 13.1. The fraction of sp³-hybridized carbons (Fsp3) is 0.542. The van der Waals surface area contributed by atoms with Crippen LogP contribution < -0.4 is 20.9 Å². The van der Waals surface area contributed by atoms with Crippen LogP contribution in [-0.4, -0.2) is 62.8 Å². The van der Waals surface area contributed by atoms with E-state index in [-0.39, 0.29) is 24.6 Å². The minimum atomic E-state index is -0.903. The molecule has 4 rings (SSSR count). The number of fused-ring (bicyclic) bond motifs is 1. The highest BCUT2D eigenvalue weighted by Gasteiger charge is 2.25. The Morgan fingerprint density at radius 2 is 1.85 bits per heavy atom. The molecule has 3 aromatic rings. The Labute approximate surface area is 198 Å². The zero-order chi connectivity index (χ0) is 24.6. The van der Waals surface area contributed by atoms with Gasteiger partial charge in [0, 0.05) is 27.2 Å². The molecule has 1 aromatic carbocycles. The second-order valence-corrected chi connectivity index (χ2v) is 9.16. The molecule has 0 aliphatic carbocycles. The van der Waals surface area contributed by atoms with Crippen molar-refractivity contribution in [1.82, 2.24) is 18.7 Å². The first-order valence-electron chi connectivity index (χ1n) is 11.6. The van der Waals surface area contributed by atoms with E-state index in [0.717, 1.165) is 21.4 Å². The van der Waals surface area contributed by atoms with Crippen molar-refractivity contribution in [1.29, 1.82) is 0 Å². The molecule has 1 fully saturated rings. The zero-order valence-corrected chi connectivity index (χ0v) is 20.4. The van der Waals surface area contributed by atoms with Gasteiger partial charge in [-0.15, -0.1) is 0 Å². The summed E-state index contributed by atoms with van der Waals surface area (Å²) in [4.78, 5) is 32.2. The van der Waals surface area contributed by atoms with Crippen LogP contribution in [0.2, 0.25) is 0 Å². The van der Waals surface area contributed by atoms with E-state index < -0.39 is 17.4 Å². The van der Waals surface area contributed by atoms with E-state index in [1.807, 2.05) is 30.0 Å². The maximum Gasteiger partial charge on any atom is 0.332 e. The van der Waals surface area contributed by atoms with E-state index in [9.17, 15) is 14.7 Å². The molecule has 1 saturated heterocycles. The van der Waals surface area contributed by atoms with Crippen molar-refractivity contribution in [3.05, 3.63) is 50.2 Å². The van der Waals surface area contributed by atoms with Gasteiger partial charge in [0.25, 0.3) is 5.56 Å². The lowest BCUT2D eigenvalue weighted by molar-refractivity contribution is 0.0921. The van der Waals surface area contributed by atoms with Crippen LogP contribution in [0.1, 0.15) is 30.9 Å². The molecule has 10 heteroatoms. The van der Waals surface area contributed by atoms with Gasteiger partial charge in [0.15, 0.2) is 11.2 Å². The molecular formula is C24H33N5O5. The smallest absolute Gasteiger partial charge is 0.332 e. The molecule has 10 nitrogen and oxygen atoms in total. The van der Waals surface area contributed by atoms with Crippen LogP contribution in [-0.2, 0) is 25.4 Å². The Morgan fingerprint density at radius 3 is 2.53 bits per heavy atom. The number of benzene rings is 1. The fourth-order valence-corrected chi connectivity index (χ4v) is 4.31. The third-order valence-corrected chi connectivity index (χ3v) is 6.24. The summed E-state index contributed by atoms with van der Waals surface area (Å²) in [6, 6.07) is 6.07. The Balaban J connectivity index is 1.69. The van der Waals surface area contributed by atoms with Crippen molar-refractivity contribution < 1.29 is 14.6 Å². The van der Waals surface area contributed by atoms with E-state index in [1.165, 1.54) is 11.6 Å². The van der Waals surface area contributed by atoms with Crippen molar-refractivity contribution in [2.75, 3.05) is 37.8 Å². The van der Waals surface area contributed by atoms with Crippen LogP contribution in [0, 0.1) is 6.92 Å². The van der Waals surface area contributed by atoms with Gasteiger partial charge in [-0.05, 0) is 30.0 Å². The molecule has 0 unspecified atom stereocenters. The minimum Gasteiger partial charge on any atom is -0.491 e. The number of anilines is 1. The van der Waals surface area contributed by atoms with Crippen molar-refractivity contribution in [2.24, 2.45) is 14.1 Å². The lowest BCUT2D eigenvalue weighted by Crippen LogP contribution is -2.39. The summed E-state index contributed by atoms with van der Waals surface area (Å²) in [5.74, 6) is 1.56. The number of hydrogen-bond donors (Lipinski definition) is 1. The summed E-state index contributed by atoms with van der Waals surface area (Å²) in [7, 11) is 3.04. The average Bonchev–Trinajstić information content (AvgIpc) is 3.19. The van der Waals surface area contributed by atoms with Crippen LogP contribution in [0.5, 0.6) is 5.75 Å². The third kappa shape index (κ3) is 4.47. The highest BCUT2D eigenvalue weighted by Crippen LogP contribution is 2.28. The number of rotatable bonds is 7. The number of aliphatic hydroxyl groups excluding tert-OH is 1. The number of ether oxygens (including phenoxy) is 2. The average molecular weight is 472 g/mol. The lowest BCUT2D eigenvalue weighted by Gasteiger charge is -2.28. The lowest BCUT2D eigenvalue weighted by atomic mass is 10.0. The molecule has 184 valence electrons. The normalized spacial score (nSPS) is 15.3. The molecule has 3 heterocycles. The number of hydrogen-bond acceptors (Lipinski definition) is 7. The van der Waals surface area contributed by atoms with Crippen LogP contribution in [0.4, 0.5) is 5.95 Å². The van der Waals surface area contributed by atoms with Gasteiger partial charge in [0.1, 0.15) is 18.5 Å². The number of aromatic nitrogens is 4. The van der Waals surface area contributed by atoms with Gasteiger partial charge in [-0.3, -0.25) is 13.9 Å². The largest absolute Gasteiger partial charge is 0.491 e. The molecule has 2 aromatic heterocycles. The quantitative estimate of drug-likeness (QED) is 0.551. The highest BCUT2D eigenvalue weighted by atomic mass is 16.5. The first-order chi connectivity index (χ1) is 16.2. The van der Waals surface area contributed by atoms with Crippen LogP contribution >= 0.6 is 0 Å². The van der Waals surface area contributed by atoms with E-state index in [2.05, 4.69) is 18.8 Å². The number of aryl methyl sites for hydroxylation is 2. The van der Waals surface area contributed by atoms with Gasteiger partial charge < -0.3 is 24.0 Å². The van der Waals surface area contributed by atoms with Crippen LogP contribution in [0.15, 0.2) is 27.8 Å². The maximum absolute atomic E-state index is 13.1. The van der Waals surface area contributed by atoms with Crippen molar-refractivity contribution in [3.63, 3.8) is 0 Å². The molecular weight excluding hydrogens is 438 g/mol. The van der Waals surface area contributed by atoms with Gasteiger partial charge in [-0.2, -0.15) is 4.98 Å². The molecule has 0 saturated carbocycles. The number of imidazole rings is 1. The predicted octanol–water partition coefficient (Wildman–Crippen LogP) is 1.14. The zero-order valence-electron chi connectivity index (χ0n) is 20.4. The Bertz CT molecular complexity index is 1300. The van der Waals surface area contributed by atoms with E-state index in [4.69, 9.17) is 9.47 Å². The second kappa shape index (κ2) is 9.63. The van der Waals surface area contributed by atoms with Crippen molar-refractivity contribution in [3.8, 4) is 5.75 Å². The Morgan fingerprint density at radius 1 is 1.15 bits per heavy atom. The van der Waals surface area contributed by atoms with E-state index in [1.54, 1.807) is 11.6 Å². The molecule has 0 spiro atoms. The topological polar surface area (TPSA) is 104 Å². The molecule has 1 N–H and O–H groups in total. The Kier molecular flexibility index (Phi) is 6.81. The van der Waals surface area contributed by atoms with E-state index in [0.29, 0.717) is 37.9 Å². The van der Waals surface area contributed by atoms with Crippen molar-refractivity contribution >= 4 is 17.1 Å². The van der Waals surface area contributed by atoms with Crippen molar-refractivity contribution in [2.45, 2.75) is 39.3 Å². The molecule has 34 heavy (non-hydrogen) atoms. The number of morpholine rings is 1. The minimum absolute atomic E-state index is 0.0531. The summed E-state index contributed by atoms with van der Waals surface area (Å²) in [5, 5.41) is 11.0. The van der Waals surface area contributed by atoms with Gasteiger partial charge in [-0.25, -0.2) is 4.79 Å². The molecule has 0 bridgehead atoms. The van der Waals surface area contributed by atoms with Crippen LogP contribution in [0.25, 0.3) is 11.2 Å².